The van der Waals surface area contributed by atoms with Gasteiger partial charge in [-0.05, 0) is 42.5 Å². The Hall–Kier alpha value is -2.89. The van der Waals surface area contributed by atoms with E-state index in [1.54, 1.807) is 27.5 Å². The topological polar surface area (TPSA) is 58.5 Å². The lowest BCUT2D eigenvalue weighted by molar-refractivity contribution is 0.108. The van der Waals surface area contributed by atoms with Crippen molar-refractivity contribution in [2.75, 3.05) is 34.5 Å². The SMILES string of the molecule is COc1ccc(OCCO/N=C\c2cc(OC)ccc2OC)cc1. The van der Waals surface area contributed by atoms with Gasteiger partial charge in [-0.1, -0.05) is 5.16 Å². The van der Waals surface area contributed by atoms with E-state index in [4.69, 9.17) is 23.8 Å². The molecule has 0 N–H and O–H groups in total. The third kappa shape index (κ3) is 5.08. The van der Waals surface area contributed by atoms with Crippen molar-refractivity contribution >= 4 is 6.21 Å². The molecule has 2 rings (SSSR count). The van der Waals surface area contributed by atoms with Crippen molar-refractivity contribution in [2.45, 2.75) is 0 Å². The number of benzene rings is 2. The van der Waals surface area contributed by atoms with Crippen LogP contribution < -0.4 is 18.9 Å². The minimum absolute atomic E-state index is 0.328. The molecule has 0 aromatic heterocycles. The van der Waals surface area contributed by atoms with E-state index in [-0.39, 0.29) is 0 Å². The molecule has 0 amide bonds. The summed E-state index contributed by atoms with van der Waals surface area (Å²) in [6.45, 7) is 0.716. The minimum atomic E-state index is 0.328. The van der Waals surface area contributed by atoms with Crippen molar-refractivity contribution in [3.8, 4) is 23.0 Å². The smallest absolute Gasteiger partial charge is 0.151 e. The Morgan fingerprint density at radius 2 is 1.46 bits per heavy atom. The van der Waals surface area contributed by atoms with E-state index in [1.165, 1.54) is 0 Å². The van der Waals surface area contributed by atoms with Gasteiger partial charge in [0.15, 0.2) is 6.61 Å². The van der Waals surface area contributed by atoms with Gasteiger partial charge < -0.3 is 23.8 Å². The molecule has 0 aliphatic heterocycles. The number of oxime groups is 1. The highest BCUT2D eigenvalue weighted by molar-refractivity contribution is 5.83. The Bertz CT molecular complexity index is 655. The summed E-state index contributed by atoms with van der Waals surface area (Å²) in [4.78, 5) is 5.20. The molecule has 2 aromatic carbocycles. The van der Waals surface area contributed by atoms with Gasteiger partial charge >= 0.3 is 0 Å². The molecule has 0 saturated heterocycles. The molecule has 0 fully saturated rings. The third-order valence-corrected chi connectivity index (χ3v) is 3.21. The average Bonchev–Trinajstić information content (AvgIpc) is 2.64. The summed E-state index contributed by atoms with van der Waals surface area (Å²) in [6.07, 6.45) is 1.58. The molecule has 0 aliphatic rings. The van der Waals surface area contributed by atoms with Crippen molar-refractivity contribution in [1.29, 1.82) is 0 Å². The first-order valence-corrected chi connectivity index (χ1v) is 7.41. The van der Waals surface area contributed by atoms with Crippen LogP contribution in [0.1, 0.15) is 5.56 Å². The van der Waals surface area contributed by atoms with Crippen LogP contribution in [-0.2, 0) is 4.84 Å². The zero-order valence-electron chi connectivity index (χ0n) is 14.0. The normalized spacial score (nSPS) is 10.5. The minimum Gasteiger partial charge on any atom is -0.497 e. The predicted octanol–water partition coefficient (Wildman–Crippen LogP) is 3.14. The maximum atomic E-state index is 5.54. The molecule has 0 unspecified atom stereocenters. The number of ether oxygens (including phenoxy) is 4. The van der Waals surface area contributed by atoms with Crippen LogP contribution in [0.2, 0.25) is 0 Å². The molecule has 24 heavy (non-hydrogen) atoms. The van der Waals surface area contributed by atoms with Crippen molar-refractivity contribution in [3.05, 3.63) is 48.0 Å². The lowest BCUT2D eigenvalue weighted by atomic mass is 10.2. The maximum Gasteiger partial charge on any atom is 0.151 e. The standard InChI is InChI=1S/C18H21NO5/c1-20-15-4-6-16(7-5-15)23-10-11-24-19-13-14-12-17(21-2)8-9-18(14)22-3/h4-9,12-13H,10-11H2,1-3H3/b19-13-. The van der Waals surface area contributed by atoms with E-state index in [2.05, 4.69) is 5.16 Å². The van der Waals surface area contributed by atoms with E-state index in [0.717, 1.165) is 22.8 Å². The Morgan fingerprint density at radius 3 is 2.12 bits per heavy atom. The fourth-order valence-electron chi connectivity index (χ4n) is 1.96. The van der Waals surface area contributed by atoms with Gasteiger partial charge in [0, 0.05) is 5.56 Å². The molecular formula is C18H21NO5. The van der Waals surface area contributed by atoms with Crippen molar-refractivity contribution < 1.29 is 23.8 Å². The Morgan fingerprint density at radius 1 is 0.792 bits per heavy atom. The largest absolute Gasteiger partial charge is 0.497 e. The predicted molar refractivity (Wildman–Crippen MR) is 91.6 cm³/mol. The van der Waals surface area contributed by atoms with Crippen LogP contribution in [0.3, 0.4) is 0 Å². The van der Waals surface area contributed by atoms with Crippen LogP contribution in [0, 0.1) is 0 Å². The molecule has 0 spiro atoms. The van der Waals surface area contributed by atoms with E-state index < -0.39 is 0 Å². The number of hydrogen-bond acceptors (Lipinski definition) is 6. The molecule has 128 valence electrons. The number of nitrogens with zero attached hydrogens (tertiary/aromatic N) is 1. The van der Waals surface area contributed by atoms with Gasteiger partial charge in [-0.2, -0.15) is 0 Å². The van der Waals surface area contributed by atoms with Crippen LogP contribution in [0.15, 0.2) is 47.6 Å². The van der Waals surface area contributed by atoms with Gasteiger partial charge in [-0.15, -0.1) is 0 Å². The van der Waals surface area contributed by atoms with Gasteiger partial charge in [0.05, 0.1) is 27.5 Å². The molecule has 0 radical (unpaired) electrons. The fraction of sp³-hybridized carbons (Fsp3) is 0.278. The monoisotopic (exact) mass is 331 g/mol. The van der Waals surface area contributed by atoms with Crippen LogP contribution in [-0.4, -0.2) is 40.8 Å². The highest BCUT2D eigenvalue weighted by Crippen LogP contribution is 2.22. The van der Waals surface area contributed by atoms with Gasteiger partial charge in [-0.3, -0.25) is 0 Å². The van der Waals surface area contributed by atoms with Crippen molar-refractivity contribution in [3.63, 3.8) is 0 Å². The molecule has 6 nitrogen and oxygen atoms in total. The number of methoxy groups -OCH3 is 3. The second-order valence-corrected chi connectivity index (χ2v) is 4.70. The Labute approximate surface area is 141 Å². The van der Waals surface area contributed by atoms with E-state index in [0.29, 0.717) is 19.0 Å². The van der Waals surface area contributed by atoms with E-state index >= 15 is 0 Å². The van der Waals surface area contributed by atoms with Crippen LogP contribution in [0.4, 0.5) is 0 Å². The van der Waals surface area contributed by atoms with Gasteiger partial charge in [0.2, 0.25) is 0 Å². The molecule has 0 bridgehead atoms. The second kappa shape index (κ2) is 9.29. The summed E-state index contributed by atoms with van der Waals surface area (Å²) < 4.78 is 21.1. The summed E-state index contributed by atoms with van der Waals surface area (Å²) in [5.74, 6) is 2.95. The highest BCUT2D eigenvalue weighted by Gasteiger charge is 2.02. The van der Waals surface area contributed by atoms with E-state index in [9.17, 15) is 0 Å². The van der Waals surface area contributed by atoms with Crippen molar-refractivity contribution in [1.82, 2.24) is 0 Å². The first kappa shape index (κ1) is 17.5. The van der Waals surface area contributed by atoms with Gasteiger partial charge in [0.25, 0.3) is 0 Å². The Kier molecular flexibility index (Phi) is 6.76. The van der Waals surface area contributed by atoms with Gasteiger partial charge in [-0.25, -0.2) is 0 Å². The molecule has 0 saturated carbocycles. The Balaban J connectivity index is 1.78. The first-order valence-electron chi connectivity index (χ1n) is 7.41. The van der Waals surface area contributed by atoms with Crippen molar-refractivity contribution in [2.24, 2.45) is 5.16 Å². The zero-order chi connectivity index (χ0) is 17.2. The zero-order valence-corrected chi connectivity index (χ0v) is 14.0. The molecular weight excluding hydrogens is 310 g/mol. The number of rotatable bonds is 9. The summed E-state index contributed by atoms with van der Waals surface area (Å²) in [6, 6.07) is 12.8. The third-order valence-electron chi connectivity index (χ3n) is 3.21. The molecule has 0 atom stereocenters. The van der Waals surface area contributed by atoms with Crippen LogP contribution >= 0.6 is 0 Å². The summed E-state index contributed by atoms with van der Waals surface area (Å²) in [5, 5.41) is 3.92. The van der Waals surface area contributed by atoms with Crippen LogP contribution in [0.5, 0.6) is 23.0 Å². The first-order chi connectivity index (χ1) is 11.8. The quantitative estimate of drug-likeness (QED) is 0.401. The summed E-state index contributed by atoms with van der Waals surface area (Å²) in [5.41, 5.74) is 0.771. The lowest BCUT2D eigenvalue weighted by Crippen LogP contribution is -2.04. The lowest BCUT2D eigenvalue weighted by Gasteiger charge is -2.07. The van der Waals surface area contributed by atoms with Gasteiger partial charge in [0.1, 0.15) is 29.6 Å². The second-order valence-electron chi connectivity index (χ2n) is 4.70. The summed E-state index contributed by atoms with van der Waals surface area (Å²) >= 11 is 0. The highest BCUT2D eigenvalue weighted by atomic mass is 16.6. The fourth-order valence-corrected chi connectivity index (χ4v) is 1.96. The van der Waals surface area contributed by atoms with Crippen LogP contribution in [0.25, 0.3) is 0 Å². The van der Waals surface area contributed by atoms with E-state index in [1.807, 2.05) is 42.5 Å². The number of hydrogen-bond donors (Lipinski definition) is 0. The average molecular weight is 331 g/mol. The molecule has 0 aliphatic carbocycles. The molecule has 6 heteroatoms. The molecule has 2 aromatic rings. The summed E-state index contributed by atoms with van der Waals surface area (Å²) in [7, 11) is 4.83. The molecule has 0 heterocycles. The maximum absolute atomic E-state index is 5.54.